The molecule has 1 aliphatic heterocycles. The topological polar surface area (TPSA) is 67.6 Å². The van der Waals surface area contributed by atoms with Crippen molar-refractivity contribution in [3.05, 3.63) is 0 Å². The second-order valence-corrected chi connectivity index (χ2v) is 6.14. The van der Waals surface area contributed by atoms with Crippen molar-refractivity contribution < 1.29 is 9.53 Å². The largest absolute Gasteiger partial charge is 0.373 e. The van der Waals surface area contributed by atoms with E-state index in [0.29, 0.717) is 12.2 Å². The van der Waals surface area contributed by atoms with Crippen LogP contribution in [0.4, 0.5) is 0 Å². The predicted molar refractivity (Wildman–Crippen MR) is 74.8 cm³/mol. The minimum atomic E-state index is -0.533. The number of nitrogens with zero attached hydrogens (tertiary/aromatic N) is 1. The van der Waals surface area contributed by atoms with E-state index in [2.05, 4.69) is 24.1 Å². The maximum absolute atomic E-state index is 11.6. The summed E-state index contributed by atoms with van der Waals surface area (Å²) in [5.41, 5.74) is 5.29. The van der Waals surface area contributed by atoms with Crippen LogP contribution in [0.3, 0.4) is 0 Å². The summed E-state index contributed by atoms with van der Waals surface area (Å²) in [6.45, 7) is 8.11. The van der Waals surface area contributed by atoms with E-state index >= 15 is 0 Å². The molecule has 1 heterocycles. The summed E-state index contributed by atoms with van der Waals surface area (Å²) < 4.78 is 5.71. The Balaban J connectivity index is 1.53. The van der Waals surface area contributed by atoms with Gasteiger partial charge in [0.15, 0.2) is 0 Å². The van der Waals surface area contributed by atoms with Gasteiger partial charge >= 0.3 is 0 Å². The zero-order chi connectivity index (χ0) is 13.9. The molecule has 1 saturated heterocycles. The van der Waals surface area contributed by atoms with Gasteiger partial charge in [0.1, 0.15) is 0 Å². The number of hydrogen-bond acceptors (Lipinski definition) is 4. The number of nitrogens with two attached hydrogens (primary N) is 1. The standard InChI is InChI=1S/C14H27N3O2/c1-11-9-17(10-12(2)19-11)8-4-3-7-16-13(18)14(15)5-6-14/h11-12H,3-10,15H2,1-2H3,(H,16,18). The van der Waals surface area contributed by atoms with Crippen LogP contribution in [0, 0.1) is 0 Å². The van der Waals surface area contributed by atoms with E-state index in [9.17, 15) is 4.79 Å². The number of nitrogens with one attached hydrogen (secondary N) is 1. The van der Waals surface area contributed by atoms with Gasteiger partial charge in [0, 0.05) is 19.6 Å². The second kappa shape index (κ2) is 6.20. The van der Waals surface area contributed by atoms with E-state index in [1.807, 2.05) is 0 Å². The molecule has 2 unspecified atom stereocenters. The fourth-order valence-corrected chi connectivity index (χ4v) is 2.67. The summed E-state index contributed by atoms with van der Waals surface area (Å²) >= 11 is 0. The Labute approximate surface area is 115 Å². The van der Waals surface area contributed by atoms with Crippen LogP contribution in [0.2, 0.25) is 0 Å². The third-order valence-corrected chi connectivity index (χ3v) is 3.92. The lowest BCUT2D eigenvalue weighted by molar-refractivity contribution is -0.123. The summed E-state index contributed by atoms with van der Waals surface area (Å²) in [5, 5.41) is 2.93. The van der Waals surface area contributed by atoms with Gasteiger partial charge in [0.05, 0.1) is 17.7 Å². The first-order chi connectivity index (χ1) is 8.99. The normalized spacial score (nSPS) is 30.1. The summed E-state index contributed by atoms with van der Waals surface area (Å²) in [5.74, 6) is 0.0288. The lowest BCUT2D eigenvalue weighted by Gasteiger charge is -2.35. The molecule has 5 heteroatoms. The third kappa shape index (κ3) is 4.44. The number of ether oxygens (including phenoxy) is 1. The number of unbranched alkanes of at least 4 members (excludes halogenated alkanes) is 1. The van der Waals surface area contributed by atoms with Gasteiger partial charge in [-0.15, -0.1) is 0 Å². The number of hydrogen-bond donors (Lipinski definition) is 2. The molecule has 2 fully saturated rings. The Morgan fingerprint density at radius 1 is 1.32 bits per heavy atom. The second-order valence-electron chi connectivity index (χ2n) is 6.14. The minimum absolute atomic E-state index is 0.0288. The average molecular weight is 269 g/mol. The highest BCUT2D eigenvalue weighted by atomic mass is 16.5. The van der Waals surface area contributed by atoms with E-state index in [1.54, 1.807) is 0 Å². The quantitative estimate of drug-likeness (QED) is 0.688. The van der Waals surface area contributed by atoms with Gasteiger partial charge in [-0.3, -0.25) is 9.69 Å². The molecule has 0 aromatic heterocycles. The molecular formula is C14H27N3O2. The van der Waals surface area contributed by atoms with Gasteiger partial charge < -0.3 is 15.8 Å². The first-order valence-corrected chi connectivity index (χ1v) is 7.44. The van der Waals surface area contributed by atoms with Crippen LogP contribution in [-0.2, 0) is 9.53 Å². The number of carbonyl (C=O) groups is 1. The van der Waals surface area contributed by atoms with E-state index in [0.717, 1.165) is 51.9 Å². The van der Waals surface area contributed by atoms with Crippen molar-refractivity contribution in [1.29, 1.82) is 0 Å². The van der Waals surface area contributed by atoms with Crippen molar-refractivity contribution in [3.63, 3.8) is 0 Å². The van der Waals surface area contributed by atoms with Crippen molar-refractivity contribution in [2.75, 3.05) is 26.2 Å². The lowest BCUT2D eigenvalue weighted by Crippen LogP contribution is -2.46. The molecular weight excluding hydrogens is 242 g/mol. The summed E-state index contributed by atoms with van der Waals surface area (Å²) in [6.07, 6.45) is 4.45. The monoisotopic (exact) mass is 269 g/mol. The van der Waals surface area contributed by atoms with Gasteiger partial charge in [0.25, 0.3) is 0 Å². The number of morpholine rings is 1. The Kier molecular flexibility index (Phi) is 4.81. The summed E-state index contributed by atoms with van der Waals surface area (Å²) in [7, 11) is 0. The molecule has 3 N–H and O–H groups in total. The van der Waals surface area contributed by atoms with Crippen LogP contribution in [0.25, 0.3) is 0 Å². The van der Waals surface area contributed by atoms with Crippen LogP contribution < -0.4 is 11.1 Å². The van der Waals surface area contributed by atoms with Crippen molar-refractivity contribution in [3.8, 4) is 0 Å². The van der Waals surface area contributed by atoms with Gasteiger partial charge in [-0.25, -0.2) is 0 Å². The van der Waals surface area contributed by atoms with E-state index in [-0.39, 0.29) is 5.91 Å². The van der Waals surface area contributed by atoms with Gasteiger partial charge in [0.2, 0.25) is 5.91 Å². The molecule has 0 radical (unpaired) electrons. The summed E-state index contributed by atoms with van der Waals surface area (Å²) in [4.78, 5) is 14.1. The molecule has 1 saturated carbocycles. The van der Waals surface area contributed by atoms with Crippen LogP contribution in [-0.4, -0.2) is 54.7 Å². The third-order valence-electron chi connectivity index (χ3n) is 3.92. The predicted octanol–water partition coefficient (Wildman–Crippen LogP) is 0.483. The van der Waals surface area contributed by atoms with Crippen LogP contribution in [0.5, 0.6) is 0 Å². The van der Waals surface area contributed by atoms with E-state index < -0.39 is 5.54 Å². The van der Waals surface area contributed by atoms with Crippen molar-refractivity contribution >= 4 is 5.91 Å². The number of carbonyl (C=O) groups excluding carboxylic acids is 1. The molecule has 2 atom stereocenters. The molecule has 19 heavy (non-hydrogen) atoms. The Hall–Kier alpha value is -0.650. The van der Waals surface area contributed by atoms with Crippen molar-refractivity contribution in [2.45, 2.75) is 57.3 Å². The van der Waals surface area contributed by atoms with E-state index in [4.69, 9.17) is 10.5 Å². The molecule has 5 nitrogen and oxygen atoms in total. The lowest BCUT2D eigenvalue weighted by atomic mass is 10.2. The van der Waals surface area contributed by atoms with E-state index in [1.165, 1.54) is 0 Å². The van der Waals surface area contributed by atoms with Gasteiger partial charge in [-0.1, -0.05) is 0 Å². The fraction of sp³-hybridized carbons (Fsp3) is 0.929. The van der Waals surface area contributed by atoms with Crippen LogP contribution >= 0.6 is 0 Å². The SMILES string of the molecule is CC1CN(CCCCNC(=O)C2(N)CC2)CC(C)O1. The highest BCUT2D eigenvalue weighted by Crippen LogP contribution is 2.31. The van der Waals surface area contributed by atoms with Crippen LogP contribution in [0.1, 0.15) is 39.5 Å². The Bertz CT molecular complexity index is 308. The minimum Gasteiger partial charge on any atom is -0.373 e. The average Bonchev–Trinajstić information content (AvgIpc) is 3.07. The molecule has 110 valence electrons. The molecule has 0 aromatic carbocycles. The Morgan fingerprint density at radius 3 is 2.53 bits per heavy atom. The molecule has 2 rings (SSSR count). The molecule has 1 amide bonds. The van der Waals surface area contributed by atoms with Crippen molar-refractivity contribution in [1.82, 2.24) is 10.2 Å². The zero-order valence-corrected chi connectivity index (χ0v) is 12.2. The number of rotatable bonds is 6. The van der Waals surface area contributed by atoms with Gasteiger partial charge in [-0.05, 0) is 46.1 Å². The van der Waals surface area contributed by atoms with Crippen LogP contribution in [0.15, 0.2) is 0 Å². The van der Waals surface area contributed by atoms with Gasteiger partial charge in [-0.2, -0.15) is 0 Å². The maximum Gasteiger partial charge on any atom is 0.240 e. The Morgan fingerprint density at radius 2 is 1.95 bits per heavy atom. The highest BCUT2D eigenvalue weighted by Gasteiger charge is 2.45. The zero-order valence-electron chi connectivity index (χ0n) is 12.2. The molecule has 1 aliphatic carbocycles. The maximum atomic E-state index is 11.6. The molecule has 2 aliphatic rings. The summed E-state index contributed by atoms with van der Waals surface area (Å²) in [6, 6.07) is 0. The van der Waals surface area contributed by atoms with Crippen molar-refractivity contribution in [2.24, 2.45) is 5.73 Å². The first-order valence-electron chi connectivity index (χ1n) is 7.44. The molecule has 0 aromatic rings. The molecule has 0 spiro atoms. The highest BCUT2D eigenvalue weighted by molar-refractivity contribution is 5.88. The molecule has 0 bridgehead atoms. The fourth-order valence-electron chi connectivity index (χ4n) is 2.67. The smallest absolute Gasteiger partial charge is 0.240 e. The number of amides is 1. The first kappa shape index (κ1) is 14.8.